The highest BCUT2D eigenvalue weighted by Gasteiger charge is 2.05. The van der Waals surface area contributed by atoms with Gasteiger partial charge in [0.25, 0.3) is 0 Å². The number of aliphatic hydroxyl groups is 1. The van der Waals surface area contributed by atoms with Crippen LogP contribution in [0.2, 0.25) is 0 Å². The molecule has 0 saturated heterocycles. The largest absolute Gasteiger partial charge is 0.497 e. The number of hydrogen-bond donors (Lipinski definition) is 2. The van der Waals surface area contributed by atoms with Crippen LogP contribution in [0.25, 0.3) is 0 Å². The normalized spacial score (nSPS) is 10.4. The van der Waals surface area contributed by atoms with Gasteiger partial charge in [-0.1, -0.05) is 6.07 Å². The molecule has 0 aliphatic rings. The molecule has 1 aromatic carbocycles. The summed E-state index contributed by atoms with van der Waals surface area (Å²) in [5.74, 6) is 1.55. The molecule has 2 N–H and O–H groups in total. The number of rotatable bonds is 9. The fraction of sp³-hybridized carbons (Fsp3) is 0.538. The molecule has 0 aromatic heterocycles. The summed E-state index contributed by atoms with van der Waals surface area (Å²) in [7, 11) is 3.51. The van der Waals surface area contributed by atoms with E-state index in [0.717, 1.165) is 23.6 Å². The van der Waals surface area contributed by atoms with Crippen molar-refractivity contribution in [2.75, 3.05) is 40.6 Å². The number of hydrogen-bond acceptors (Lipinski definition) is 5. The summed E-state index contributed by atoms with van der Waals surface area (Å²) in [5, 5.41) is 11.7. The molecule has 0 atom stereocenters. The Balaban J connectivity index is 2.54. The van der Waals surface area contributed by atoms with Crippen LogP contribution in [-0.4, -0.2) is 45.7 Å². The van der Waals surface area contributed by atoms with Gasteiger partial charge in [-0.3, -0.25) is 0 Å². The summed E-state index contributed by atoms with van der Waals surface area (Å²) in [5.41, 5.74) is 1.07. The van der Waals surface area contributed by atoms with Crippen LogP contribution >= 0.6 is 0 Å². The zero-order valence-electron chi connectivity index (χ0n) is 10.9. The molecule has 5 heteroatoms. The van der Waals surface area contributed by atoms with Crippen molar-refractivity contribution in [1.82, 2.24) is 5.32 Å². The topological polar surface area (TPSA) is 60.0 Å². The summed E-state index contributed by atoms with van der Waals surface area (Å²) in [6.45, 7) is 2.01. The van der Waals surface area contributed by atoms with Crippen LogP contribution in [-0.2, 0) is 11.3 Å². The van der Waals surface area contributed by atoms with Crippen molar-refractivity contribution in [3.8, 4) is 11.5 Å². The average molecular weight is 255 g/mol. The summed E-state index contributed by atoms with van der Waals surface area (Å²) in [4.78, 5) is 0. The van der Waals surface area contributed by atoms with Gasteiger partial charge in [-0.2, -0.15) is 0 Å². The quantitative estimate of drug-likeness (QED) is 0.639. The van der Waals surface area contributed by atoms with Crippen molar-refractivity contribution in [1.29, 1.82) is 0 Å². The van der Waals surface area contributed by atoms with E-state index in [1.54, 1.807) is 7.11 Å². The average Bonchev–Trinajstić information content (AvgIpc) is 2.40. The fourth-order valence-electron chi connectivity index (χ4n) is 1.51. The van der Waals surface area contributed by atoms with Crippen molar-refractivity contribution in [3.63, 3.8) is 0 Å². The second-order valence-corrected chi connectivity index (χ2v) is 3.69. The van der Waals surface area contributed by atoms with E-state index in [1.165, 1.54) is 0 Å². The first kappa shape index (κ1) is 14.8. The molecule has 0 amide bonds. The maximum absolute atomic E-state index is 8.57. The van der Waals surface area contributed by atoms with Crippen LogP contribution in [0.15, 0.2) is 18.2 Å². The Labute approximate surface area is 108 Å². The van der Waals surface area contributed by atoms with Gasteiger partial charge in [0.15, 0.2) is 0 Å². The van der Waals surface area contributed by atoms with Crippen LogP contribution in [0.3, 0.4) is 0 Å². The molecule has 0 unspecified atom stereocenters. The molecule has 102 valence electrons. The molecule has 1 rings (SSSR count). The lowest BCUT2D eigenvalue weighted by molar-refractivity contribution is 0.0702. The molecule has 0 saturated carbocycles. The van der Waals surface area contributed by atoms with Crippen LogP contribution in [0.1, 0.15) is 5.56 Å². The van der Waals surface area contributed by atoms with Crippen molar-refractivity contribution in [2.45, 2.75) is 6.54 Å². The third kappa shape index (κ3) is 4.91. The Morgan fingerprint density at radius 2 is 2.06 bits per heavy atom. The Morgan fingerprint density at radius 1 is 1.22 bits per heavy atom. The van der Waals surface area contributed by atoms with E-state index in [4.69, 9.17) is 19.3 Å². The molecule has 0 heterocycles. The molecule has 0 aliphatic heterocycles. The summed E-state index contributed by atoms with van der Waals surface area (Å²) < 4.78 is 16.0. The first-order valence-corrected chi connectivity index (χ1v) is 5.94. The predicted molar refractivity (Wildman–Crippen MR) is 69.2 cm³/mol. The molecule has 0 aliphatic carbocycles. The summed E-state index contributed by atoms with van der Waals surface area (Å²) >= 11 is 0. The molecular weight excluding hydrogens is 234 g/mol. The van der Waals surface area contributed by atoms with Gasteiger partial charge in [-0.25, -0.2) is 0 Å². The second-order valence-electron chi connectivity index (χ2n) is 3.69. The van der Waals surface area contributed by atoms with Gasteiger partial charge < -0.3 is 24.6 Å². The zero-order valence-corrected chi connectivity index (χ0v) is 10.9. The Kier molecular flexibility index (Phi) is 7.17. The first-order valence-electron chi connectivity index (χ1n) is 5.94. The standard InChI is InChI=1S/C13H21NO4/c1-14-10-11-3-4-12(16-2)9-13(11)18-8-7-17-6-5-15/h3-4,9,14-15H,5-8,10H2,1-2H3. The third-order valence-corrected chi connectivity index (χ3v) is 2.36. The number of aliphatic hydroxyl groups excluding tert-OH is 1. The zero-order chi connectivity index (χ0) is 13.2. The predicted octanol–water partition coefficient (Wildman–Crippen LogP) is 0.802. The van der Waals surface area contributed by atoms with Crippen molar-refractivity contribution >= 4 is 0 Å². The van der Waals surface area contributed by atoms with Gasteiger partial charge in [0.2, 0.25) is 0 Å². The molecule has 5 nitrogen and oxygen atoms in total. The minimum atomic E-state index is 0.0319. The van der Waals surface area contributed by atoms with Crippen LogP contribution < -0.4 is 14.8 Å². The van der Waals surface area contributed by atoms with E-state index in [1.807, 2.05) is 25.2 Å². The summed E-state index contributed by atoms with van der Waals surface area (Å²) in [6.07, 6.45) is 0. The summed E-state index contributed by atoms with van der Waals surface area (Å²) in [6, 6.07) is 5.74. The van der Waals surface area contributed by atoms with Crippen molar-refractivity contribution < 1.29 is 19.3 Å². The van der Waals surface area contributed by atoms with E-state index < -0.39 is 0 Å². The van der Waals surface area contributed by atoms with E-state index in [0.29, 0.717) is 19.8 Å². The van der Waals surface area contributed by atoms with Gasteiger partial charge >= 0.3 is 0 Å². The highest BCUT2D eigenvalue weighted by atomic mass is 16.5. The fourth-order valence-corrected chi connectivity index (χ4v) is 1.51. The lowest BCUT2D eigenvalue weighted by Gasteiger charge is -2.13. The molecular formula is C13H21NO4. The van der Waals surface area contributed by atoms with E-state index in [-0.39, 0.29) is 6.61 Å². The highest BCUT2D eigenvalue weighted by molar-refractivity contribution is 5.40. The maximum atomic E-state index is 8.57. The van der Waals surface area contributed by atoms with Gasteiger partial charge in [0.1, 0.15) is 18.1 Å². The van der Waals surface area contributed by atoms with Gasteiger partial charge in [0.05, 0.1) is 26.9 Å². The molecule has 0 radical (unpaired) electrons. The Morgan fingerprint density at radius 3 is 2.72 bits per heavy atom. The smallest absolute Gasteiger partial charge is 0.127 e. The van der Waals surface area contributed by atoms with Crippen LogP contribution in [0.5, 0.6) is 11.5 Å². The van der Waals surface area contributed by atoms with Gasteiger partial charge in [-0.05, 0) is 13.1 Å². The molecule has 1 aromatic rings. The van der Waals surface area contributed by atoms with Crippen molar-refractivity contribution in [3.05, 3.63) is 23.8 Å². The third-order valence-electron chi connectivity index (χ3n) is 2.36. The first-order chi connectivity index (χ1) is 8.81. The molecule has 0 spiro atoms. The molecule has 0 fully saturated rings. The number of nitrogens with one attached hydrogen (secondary N) is 1. The lowest BCUT2D eigenvalue weighted by atomic mass is 10.2. The van der Waals surface area contributed by atoms with Gasteiger partial charge in [-0.15, -0.1) is 0 Å². The molecule has 18 heavy (non-hydrogen) atoms. The Hall–Kier alpha value is -1.30. The van der Waals surface area contributed by atoms with E-state index >= 15 is 0 Å². The van der Waals surface area contributed by atoms with Crippen LogP contribution in [0.4, 0.5) is 0 Å². The Bertz CT molecular complexity index is 344. The highest BCUT2D eigenvalue weighted by Crippen LogP contribution is 2.24. The lowest BCUT2D eigenvalue weighted by Crippen LogP contribution is -2.12. The monoisotopic (exact) mass is 255 g/mol. The van der Waals surface area contributed by atoms with Gasteiger partial charge in [0, 0.05) is 18.2 Å². The SMILES string of the molecule is CNCc1ccc(OC)cc1OCCOCCO. The maximum Gasteiger partial charge on any atom is 0.127 e. The second kappa shape index (κ2) is 8.74. The number of ether oxygens (including phenoxy) is 3. The van der Waals surface area contributed by atoms with E-state index in [9.17, 15) is 0 Å². The minimum Gasteiger partial charge on any atom is -0.497 e. The van der Waals surface area contributed by atoms with E-state index in [2.05, 4.69) is 5.32 Å². The van der Waals surface area contributed by atoms with Crippen LogP contribution in [0, 0.1) is 0 Å². The number of benzene rings is 1. The van der Waals surface area contributed by atoms with Crippen molar-refractivity contribution in [2.24, 2.45) is 0 Å². The molecule has 0 bridgehead atoms. The minimum absolute atomic E-state index is 0.0319. The number of methoxy groups -OCH3 is 1.